The van der Waals surface area contributed by atoms with Crippen molar-refractivity contribution in [1.82, 2.24) is 10.2 Å². The molecule has 0 spiro atoms. The average Bonchev–Trinajstić information content (AvgIpc) is 3.62. The molecule has 1 saturated carbocycles. The van der Waals surface area contributed by atoms with E-state index in [4.69, 9.17) is 4.74 Å². The van der Waals surface area contributed by atoms with Crippen LogP contribution in [0.15, 0.2) is 108 Å². The van der Waals surface area contributed by atoms with Gasteiger partial charge in [-0.1, -0.05) is 79.1 Å². The molecule has 2 amide bonds. The zero-order valence-electron chi connectivity index (χ0n) is 27.9. The maximum absolute atomic E-state index is 14.7. The Morgan fingerprint density at radius 3 is 2.20 bits per heavy atom. The Labute approximate surface area is 290 Å². The molecule has 50 heavy (non-hydrogen) atoms. The van der Waals surface area contributed by atoms with Crippen LogP contribution in [-0.2, 0) is 38.8 Å². The van der Waals surface area contributed by atoms with Crippen molar-refractivity contribution in [3.05, 3.63) is 125 Å². The number of hydrogen-bond donors (Lipinski definition) is 1. The van der Waals surface area contributed by atoms with Gasteiger partial charge in [-0.05, 0) is 73.4 Å². The molecule has 1 aliphatic carbocycles. The lowest BCUT2D eigenvalue weighted by Gasteiger charge is -2.34. The SMILES string of the molecule is COc1cccc(CN(C(=O)CN(c2cccc(C(F)(F)F)c2)S(=O)(=O)c2ccc(C)cc2)[C@@H](Cc2ccccc2)C(=O)NC2CCCC2)c1. The van der Waals surface area contributed by atoms with Crippen LogP contribution in [0.2, 0.25) is 0 Å². The summed E-state index contributed by atoms with van der Waals surface area (Å²) in [4.78, 5) is 29.9. The molecule has 4 aromatic carbocycles. The van der Waals surface area contributed by atoms with E-state index in [-0.39, 0.29) is 29.6 Å². The number of methoxy groups -OCH3 is 1. The van der Waals surface area contributed by atoms with Crippen molar-refractivity contribution in [3.63, 3.8) is 0 Å². The number of rotatable bonds is 13. The first-order valence-corrected chi connectivity index (χ1v) is 17.8. The quantitative estimate of drug-likeness (QED) is 0.163. The number of benzene rings is 4. The lowest BCUT2D eigenvalue weighted by atomic mass is 10.0. The van der Waals surface area contributed by atoms with Gasteiger partial charge < -0.3 is 15.0 Å². The number of halogens is 3. The Balaban J connectivity index is 1.61. The molecule has 1 fully saturated rings. The van der Waals surface area contributed by atoms with E-state index in [9.17, 15) is 31.2 Å². The second-order valence-corrected chi connectivity index (χ2v) is 14.3. The van der Waals surface area contributed by atoms with Crippen LogP contribution < -0.4 is 14.4 Å². The maximum Gasteiger partial charge on any atom is 0.416 e. The molecule has 1 N–H and O–H groups in total. The Bertz CT molecular complexity index is 1880. The van der Waals surface area contributed by atoms with Crippen molar-refractivity contribution >= 4 is 27.5 Å². The van der Waals surface area contributed by atoms with E-state index >= 15 is 0 Å². The van der Waals surface area contributed by atoms with Gasteiger partial charge in [-0.3, -0.25) is 13.9 Å². The summed E-state index contributed by atoms with van der Waals surface area (Å²) >= 11 is 0. The fourth-order valence-corrected chi connectivity index (χ4v) is 7.50. The molecule has 0 saturated heterocycles. The summed E-state index contributed by atoms with van der Waals surface area (Å²) in [5, 5.41) is 3.10. The highest BCUT2D eigenvalue weighted by Crippen LogP contribution is 2.34. The minimum atomic E-state index is -4.77. The van der Waals surface area contributed by atoms with Gasteiger partial charge in [-0.2, -0.15) is 13.2 Å². The third kappa shape index (κ3) is 9.03. The summed E-state index contributed by atoms with van der Waals surface area (Å²) in [6.07, 6.45) is -1.13. The number of ether oxygens (including phenoxy) is 1. The van der Waals surface area contributed by atoms with Crippen molar-refractivity contribution in [3.8, 4) is 5.75 Å². The Kier molecular flexibility index (Phi) is 11.5. The van der Waals surface area contributed by atoms with Gasteiger partial charge in [0, 0.05) is 19.0 Å². The first kappa shape index (κ1) is 36.4. The van der Waals surface area contributed by atoms with Crippen LogP contribution in [0.5, 0.6) is 5.75 Å². The maximum atomic E-state index is 14.7. The molecule has 1 atom stereocenters. The summed E-state index contributed by atoms with van der Waals surface area (Å²) in [6, 6.07) is 24.6. The van der Waals surface area contributed by atoms with Crippen LogP contribution >= 0.6 is 0 Å². The molecule has 264 valence electrons. The second kappa shape index (κ2) is 15.8. The van der Waals surface area contributed by atoms with Crippen molar-refractivity contribution in [1.29, 1.82) is 0 Å². The van der Waals surface area contributed by atoms with E-state index in [1.54, 1.807) is 43.3 Å². The molecule has 0 unspecified atom stereocenters. The summed E-state index contributed by atoms with van der Waals surface area (Å²) < 4.78 is 76.1. The number of carbonyl (C=O) groups is 2. The highest BCUT2D eigenvalue weighted by atomic mass is 32.2. The van der Waals surface area contributed by atoms with E-state index in [0.29, 0.717) is 21.7 Å². The minimum Gasteiger partial charge on any atom is -0.497 e. The van der Waals surface area contributed by atoms with E-state index in [0.717, 1.165) is 48.9 Å². The fourth-order valence-electron chi connectivity index (χ4n) is 6.09. The number of carbonyl (C=O) groups excluding carboxylic acids is 2. The monoisotopic (exact) mass is 707 g/mol. The smallest absolute Gasteiger partial charge is 0.416 e. The Morgan fingerprint density at radius 2 is 1.54 bits per heavy atom. The highest BCUT2D eigenvalue weighted by molar-refractivity contribution is 7.92. The zero-order valence-corrected chi connectivity index (χ0v) is 28.7. The van der Waals surface area contributed by atoms with Crippen molar-refractivity contribution in [2.45, 2.75) is 68.7 Å². The number of hydrogen-bond acceptors (Lipinski definition) is 5. The van der Waals surface area contributed by atoms with Crippen LogP contribution in [-0.4, -0.2) is 50.9 Å². The van der Waals surface area contributed by atoms with E-state index < -0.39 is 46.2 Å². The number of nitrogens with one attached hydrogen (secondary N) is 1. The molecule has 0 heterocycles. The minimum absolute atomic E-state index is 0.0712. The lowest BCUT2D eigenvalue weighted by Crippen LogP contribution is -2.54. The lowest BCUT2D eigenvalue weighted by molar-refractivity contribution is -0.140. The number of sulfonamides is 1. The van der Waals surface area contributed by atoms with Crippen LogP contribution in [0, 0.1) is 6.92 Å². The number of nitrogens with zero attached hydrogens (tertiary/aromatic N) is 2. The molecule has 8 nitrogen and oxygen atoms in total. The third-order valence-electron chi connectivity index (χ3n) is 8.81. The van der Waals surface area contributed by atoms with Gasteiger partial charge in [0.15, 0.2) is 0 Å². The van der Waals surface area contributed by atoms with Crippen LogP contribution in [0.25, 0.3) is 0 Å². The second-order valence-electron chi connectivity index (χ2n) is 12.4. The Hall–Kier alpha value is -4.84. The predicted octanol–water partition coefficient (Wildman–Crippen LogP) is 6.92. The van der Waals surface area contributed by atoms with Gasteiger partial charge in [-0.15, -0.1) is 0 Å². The molecule has 5 rings (SSSR count). The van der Waals surface area contributed by atoms with Gasteiger partial charge in [-0.25, -0.2) is 8.42 Å². The average molecular weight is 708 g/mol. The van der Waals surface area contributed by atoms with Crippen LogP contribution in [0.3, 0.4) is 0 Å². The molecule has 0 bridgehead atoms. The molecule has 12 heteroatoms. The molecule has 0 radical (unpaired) electrons. The van der Waals surface area contributed by atoms with Gasteiger partial charge in [0.1, 0.15) is 18.3 Å². The van der Waals surface area contributed by atoms with E-state index in [2.05, 4.69) is 5.32 Å². The van der Waals surface area contributed by atoms with E-state index in [1.165, 1.54) is 30.2 Å². The van der Waals surface area contributed by atoms with Crippen molar-refractivity contribution in [2.24, 2.45) is 0 Å². The van der Waals surface area contributed by atoms with Gasteiger partial charge >= 0.3 is 6.18 Å². The number of anilines is 1. The number of aryl methyl sites for hydroxylation is 1. The number of alkyl halides is 3. The first-order chi connectivity index (χ1) is 23.8. The summed E-state index contributed by atoms with van der Waals surface area (Å²) in [5.74, 6) is -0.662. The standard InChI is InChI=1S/C38H40F3N3O5S/c1-27-18-20-34(21-19-27)50(47,48)44(32-16-9-13-30(24-32)38(39,40)41)26-36(45)43(25-29-12-8-17-33(22-29)49-2)35(23-28-10-4-3-5-11-28)37(46)42-31-14-6-7-15-31/h3-5,8-13,16-22,24,31,35H,6-7,14-15,23,25-26H2,1-2H3,(H,42,46)/t35-/m0/s1. The highest BCUT2D eigenvalue weighted by Gasteiger charge is 2.37. The number of amides is 2. The molecule has 1 aliphatic rings. The molecule has 4 aromatic rings. The van der Waals surface area contributed by atoms with Gasteiger partial charge in [0.05, 0.1) is 23.3 Å². The normalized spacial score (nSPS) is 14.2. The first-order valence-electron chi connectivity index (χ1n) is 16.4. The van der Waals surface area contributed by atoms with E-state index in [1.807, 2.05) is 30.3 Å². The predicted molar refractivity (Wildman–Crippen MR) is 185 cm³/mol. The topological polar surface area (TPSA) is 96.0 Å². The molecule has 0 aromatic heterocycles. The zero-order chi connectivity index (χ0) is 35.9. The van der Waals surface area contributed by atoms with Crippen LogP contribution in [0.1, 0.15) is 47.9 Å². The van der Waals surface area contributed by atoms with Gasteiger partial charge in [0.2, 0.25) is 11.8 Å². The molecule has 0 aliphatic heterocycles. The summed E-state index contributed by atoms with van der Waals surface area (Å²) in [7, 11) is -3.07. The fraction of sp³-hybridized carbons (Fsp3) is 0.316. The third-order valence-corrected chi connectivity index (χ3v) is 10.6. The largest absolute Gasteiger partial charge is 0.497 e. The van der Waals surface area contributed by atoms with Crippen LogP contribution in [0.4, 0.5) is 18.9 Å². The van der Waals surface area contributed by atoms with Crippen molar-refractivity contribution in [2.75, 3.05) is 18.0 Å². The molecular weight excluding hydrogens is 667 g/mol. The summed E-state index contributed by atoms with van der Waals surface area (Å²) in [6.45, 7) is 0.792. The molecular formula is C38H40F3N3O5S. The van der Waals surface area contributed by atoms with Crippen molar-refractivity contribution < 1.29 is 35.9 Å². The van der Waals surface area contributed by atoms with Gasteiger partial charge in [0.25, 0.3) is 10.0 Å². The summed E-state index contributed by atoms with van der Waals surface area (Å²) in [5.41, 5.74) is 0.732. The Morgan fingerprint density at radius 1 is 0.880 bits per heavy atom.